The van der Waals surface area contributed by atoms with Gasteiger partial charge in [0.15, 0.2) is 6.10 Å². The van der Waals surface area contributed by atoms with Crippen molar-refractivity contribution in [1.82, 2.24) is 4.31 Å². The van der Waals surface area contributed by atoms with E-state index in [0.717, 1.165) is 49.8 Å². The van der Waals surface area contributed by atoms with Crippen molar-refractivity contribution in [2.45, 2.75) is 62.5 Å². The molecule has 2 aliphatic rings. The number of hydrogen-bond donors (Lipinski definition) is 0. The molecule has 0 N–H and O–H groups in total. The first-order valence-electron chi connectivity index (χ1n) is 11.5. The smallest absolute Gasteiger partial charge is 0.338 e. The Labute approximate surface area is 195 Å². The summed E-state index contributed by atoms with van der Waals surface area (Å²) in [6, 6.07) is 13.4. The Hall–Kier alpha value is -2.71. The molecule has 1 saturated carbocycles. The standard InChI is InChI=1S/C25H30N2O5S/c1-18(24(28)27-17-16-19-8-6-7-11-23(19)27)32-25(29)20-12-14-22(15-13-20)33(30,31)26(2)21-9-4-3-5-10-21/h6-8,11-15,18,21H,3-5,9-10,16-17H2,1-2H3. The van der Waals surface area contributed by atoms with Crippen LogP contribution in [0.1, 0.15) is 54.9 Å². The second kappa shape index (κ2) is 9.65. The zero-order valence-corrected chi connectivity index (χ0v) is 19.9. The summed E-state index contributed by atoms with van der Waals surface area (Å²) in [7, 11) is -2.01. The Morgan fingerprint density at radius 1 is 1.03 bits per heavy atom. The van der Waals surface area contributed by atoms with E-state index in [-0.39, 0.29) is 22.4 Å². The summed E-state index contributed by atoms with van der Waals surface area (Å²) < 4.78 is 32.8. The zero-order chi connectivity index (χ0) is 23.6. The van der Waals surface area contributed by atoms with Crippen LogP contribution in [0, 0.1) is 0 Å². The van der Waals surface area contributed by atoms with E-state index in [2.05, 4.69) is 0 Å². The quantitative estimate of drug-likeness (QED) is 0.600. The summed E-state index contributed by atoms with van der Waals surface area (Å²) in [5.74, 6) is -0.936. The Bertz CT molecular complexity index is 1120. The van der Waals surface area contributed by atoms with E-state index in [9.17, 15) is 18.0 Å². The number of sulfonamides is 1. The lowest BCUT2D eigenvalue weighted by Crippen LogP contribution is -2.39. The molecule has 7 nitrogen and oxygen atoms in total. The molecule has 0 bridgehead atoms. The fraction of sp³-hybridized carbons (Fsp3) is 0.440. The number of rotatable bonds is 6. The van der Waals surface area contributed by atoms with Crippen LogP contribution in [0.3, 0.4) is 0 Å². The van der Waals surface area contributed by atoms with E-state index in [0.29, 0.717) is 6.54 Å². The van der Waals surface area contributed by atoms with Gasteiger partial charge in [0.1, 0.15) is 0 Å². The fourth-order valence-corrected chi connectivity index (χ4v) is 6.05. The van der Waals surface area contributed by atoms with E-state index < -0.39 is 22.1 Å². The number of carbonyl (C=O) groups is 2. The summed E-state index contributed by atoms with van der Waals surface area (Å²) in [6.45, 7) is 2.11. The third-order valence-electron chi connectivity index (χ3n) is 6.64. The van der Waals surface area contributed by atoms with Gasteiger partial charge in [0.25, 0.3) is 5.91 Å². The number of fused-ring (bicyclic) bond motifs is 1. The lowest BCUT2D eigenvalue weighted by Gasteiger charge is -2.30. The molecule has 2 aromatic carbocycles. The monoisotopic (exact) mass is 470 g/mol. The normalized spacial score (nSPS) is 17.6. The van der Waals surface area contributed by atoms with Gasteiger partial charge in [0, 0.05) is 25.3 Å². The van der Waals surface area contributed by atoms with E-state index in [1.54, 1.807) is 18.9 Å². The summed E-state index contributed by atoms with van der Waals surface area (Å²) in [5, 5.41) is 0. The summed E-state index contributed by atoms with van der Waals surface area (Å²) in [4.78, 5) is 27.2. The molecule has 0 radical (unpaired) electrons. The molecule has 1 unspecified atom stereocenters. The molecule has 1 atom stereocenters. The molecular formula is C25H30N2O5S. The van der Waals surface area contributed by atoms with E-state index in [1.807, 2.05) is 24.3 Å². The molecular weight excluding hydrogens is 440 g/mol. The van der Waals surface area contributed by atoms with Crippen molar-refractivity contribution in [1.29, 1.82) is 0 Å². The van der Waals surface area contributed by atoms with Gasteiger partial charge in [0.2, 0.25) is 10.0 Å². The Balaban J connectivity index is 1.40. The van der Waals surface area contributed by atoms with Crippen LogP contribution in [0.5, 0.6) is 0 Å². The third-order valence-corrected chi connectivity index (χ3v) is 8.56. The van der Waals surface area contributed by atoms with Gasteiger partial charge in [-0.2, -0.15) is 4.31 Å². The number of carbonyl (C=O) groups excluding carboxylic acids is 2. The molecule has 1 aliphatic heterocycles. The first-order chi connectivity index (χ1) is 15.8. The minimum Gasteiger partial charge on any atom is -0.449 e. The van der Waals surface area contributed by atoms with Crippen molar-refractivity contribution in [3.05, 3.63) is 59.7 Å². The minimum atomic E-state index is -3.64. The third kappa shape index (κ3) is 4.82. The van der Waals surface area contributed by atoms with Gasteiger partial charge < -0.3 is 9.64 Å². The maximum Gasteiger partial charge on any atom is 0.338 e. The van der Waals surface area contributed by atoms with Crippen LogP contribution in [0.4, 0.5) is 5.69 Å². The number of amides is 1. The zero-order valence-electron chi connectivity index (χ0n) is 19.1. The van der Waals surface area contributed by atoms with Crippen molar-refractivity contribution in [2.24, 2.45) is 0 Å². The number of nitrogens with zero attached hydrogens (tertiary/aromatic N) is 2. The predicted molar refractivity (Wildman–Crippen MR) is 126 cm³/mol. The molecule has 1 amide bonds. The number of para-hydroxylation sites is 1. The summed E-state index contributed by atoms with van der Waals surface area (Å²) in [5.41, 5.74) is 2.15. The second-order valence-electron chi connectivity index (χ2n) is 8.75. The molecule has 1 heterocycles. The van der Waals surface area contributed by atoms with E-state index in [4.69, 9.17) is 4.74 Å². The molecule has 0 saturated heterocycles. The predicted octanol–water partition coefficient (Wildman–Crippen LogP) is 3.77. The Kier molecular flexibility index (Phi) is 6.86. The average Bonchev–Trinajstić information content (AvgIpc) is 3.27. The number of ether oxygens (including phenoxy) is 1. The van der Waals surface area contributed by atoms with Crippen molar-refractivity contribution in [2.75, 3.05) is 18.5 Å². The molecule has 0 aromatic heterocycles. The molecule has 0 spiro atoms. The van der Waals surface area contributed by atoms with E-state index >= 15 is 0 Å². The Morgan fingerprint density at radius 3 is 2.39 bits per heavy atom. The molecule has 33 heavy (non-hydrogen) atoms. The van der Waals surface area contributed by atoms with Gasteiger partial charge in [-0.05, 0) is 62.1 Å². The first kappa shape index (κ1) is 23.4. The largest absolute Gasteiger partial charge is 0.449 e. The lowest BCUT2D eigenvalue weighted by molar-refractivity contribution is -0.126. The van der Waals surface area contributed by atoms with Crippen LogP contribution < -0.4 is 4.90 Å². The number of anilines is 1. The van der Waals surface area contributed by atoms with Crippen molar-refractivity contribution in [3.63, 3.8) is 0 Å². The van der Waals surface area contributed by atoms with Gasteiger partial charge in [0.05, 0.1) is 10.5 Å². The van der Waals surface area contributed by atoms with Gasteiger partial charge >= 0.3 is 5.97 Å². The fourth-order valence-electron chi connectivity index (χ4n) is 4.64. The second-order valence-corrected chi connectivity index (χ2v) is 10.8. The highest BCUT2D eigenvalue weighted by Crippen LogP contribution is 2.29. The van der Waals surface area contributed by atoms with Crippen molar-refractivity contribution >= 4 is 27.6 Å². The maximum atomic E-state index is 13.0. The van der Waals surface area contributed by atoms with Crippen molar-refractivity contribution < 1.29 is 22.7 Å². The highest BCUT2D eigenvalue weighted by atomic mass is 32.2. The number of benzene rings is 2. The molecule has 1 fully saturated rings. The van der Waals surface area contributed by atoms with Crippen LogP contribution in [0.2, 0.25) is 0 Å². The SMILES string of the molecule is CC(OC(=O)c1ccc(S(=O)(=O)N(C)C2CCCCC2)cc1)C(=O)N1CCc2ccccc21. The van der Waals surface area contributed by atoms with Crippen LogP contribution in [-0.4, -0.2) is 50.3 Å². The van der Waals surface area contributed by atoms with Gasteiger partial charge in [-0.1, -0.05) is 37.5 Å². The van der Waals surface area contributed by atoms with Crippen LogP contribution in [0.25, 0.3) is 0 Å². The topological polar surface area (TPSA) is 84.0 Å². The number of esters is 1. The van der Waals surface area contributed by atoms with Crippen LogP contribution in [-0.2, 0) is 26.0 Å². The van der Waals surface area contributed by atoms with Gasteiger partial charge in [-0.25, -0.2) is 13.2 Å². The maximum absolute atomic E-state index is 13.0. The molecule has 8 heteroatoms. The molecule has 176 valence electrons. The van der Waals surface area contributed by atoms with Crippen molar-refractivity contribution in [3.8, 4) is 0 Å². The van der Waals surface area contributed by atoms with Gasteiger partial charge in [-0.3, -0.25) is 4.79 Å². The summed E-state index contributed by atoms with van der Waals surface area (Å²) in [6.07, 6.45) is 4.77. The lowest BCUT2D eigenvalue weighted by atomic mass is 9.96. The first-order valence-corrected chi connectivity index (χ1v) is 12.9. The van der Waals surface area contributed by atoms with E-state index in [1.165, 1.54) is 28.6 Å². The number of hydrogen-bond acceptors (Lipinski definition) is 5. The average molecular weight is 471 g/mol. The van der Waals surface area contributed by atoms with Crippen LogP contribution in [0.15, 0.2) is 53.4 Å². The molecule has 4 rings (SSSR count). The summed E-state index contributed by atoms with van der Waals surface area (Å²) >= 11 is 0. The molecule has 2 aromatic rings. The highest BCUT2D eigenvalue weighted by Gasteiger charge is 2.31. The van der Waals surface area contributed by atoms with Gasteiger partial charge in [-0.15, -0.1) is 0 Å². The van der Waals surface area contributed by atoms with Crippen LogP contribution >= 0.6 is 0 Å². The Morgan fingerprint density at radius 2 is 1.70 bits per heavy atom. The highest BCUT2D eigenvalue weighted by molar-refractivity contribution is 7.89. The molecule has 1 aliphatic carbocycles. The minimum absolute atomic E-state index is 0.0102.